The summed E-state index contributed by atoms with van der Waals surface area (Å²) in [6, 6.07) is 1.76. The Kier molecular flexibility index (Phi) is 2.64. The molecule has 0 aliphatic heterocycles. The van der Waals surface area contributed by atoms with Crippen molar-refractivity contribution in [3.05, 3.63) is 34.9 Å². The normalized spacial score (nSPS) is 11.5. The highest BCUT2D eigenvalue weighted by molar-refractivity contribution is 5.75. The molecule has 1 rings (SSSR count). The molecule has 0 aliphatic rings. The highest BCUT2D eigenvalue weighted by Crippen LogP contribution is 2.27. The molecule has 0 radical (unpaired) electrons. The predicted octanol–water partition coefficient (Wildman–Crippen LogP) is 2.98. The summed E-state index contributed by atoms with van der Waals surface area (Å²) in [6.07, 6.45) is 0.160. The van der Waals surface area contributed by atoms with Gasteiger partial charge in [0.2, 0.25) is 0 Å². The molecule has 1 nitrogen and oxygen atoms in total. The number of benzene rings is 1. The Labute approximate surface area is 79.5 Å². The topological polar surface area (TPSA) is 17.1 Å². The van der Waals surface area contributed by atoms with Gasteiger partial charge in [-0.15, -0.1) is 0 Å². The van der Waals surface area contributed by atoms with Crippen molar-refractivity contribution in [2.45, 2.75) is 19.5 Å². The van der Waals surface area contributed by atoms with E-state index < -0.39 is 22.9 Å². The lowest BCUT2D eigenvalue weighted by Crippen LogP contribution is -2.11. The van der Waals surface area contributed by atoms with Crippen LogP contribution < -0.4 is 0 Å². The van der Waals surface area contributed by atoms with Crippen LogP contribution in [0.2, 0.25) is 0 Å². The summed E-state index contributed by atoms with van der Waals surface area (Å²) in [4.78, 5) is 10.3. The Morgan fingerprint density at radius 2 is 1.86 bits per heavy atom. The molecule has 4 heteroatoms. The van der Waals surface area contributed by atoms with E-state index in [1.165, 1.54) is 13.8 Å². The zero-order valence-corrected chi connectivity index (χ0v) is 7.77. The van der Waals surface area contributed by atoms with E-state index in [1.807, 2.05) is 0 Å². The van der Waals surface area contributed by atoms with E-state index in [0.717, 1.165) is 12.1 Å². The number of rotatable bonds is 2. The lowest BCUT2D eigenvalue weighted by Gasteiger charge is -2.15. The molecule has 0 aromatic heterocycles. The molecule has 0 unspecified atom stereocenters. The Morgan fingerprint density at radius 3 is 2.29 bits per heavy atom. The van der Waals surface area contributed by atoms with Gasteiger partial charge >= 0.3 is 0 Å². The molecule has 0 spiro atoms. The lowest BCUT2D eigenvalue weighted by atomic mass is 9.98. The van der Waals surface area contributed by atoms with Crippen LogP contribution in [0.15, 0.2) is 12.1 Å². The van der Waals surface area contributed by atoms with Gasteiger partial charge in [-0.2, -0.15) is 0 Å². The fourth-order valence-corrected chi connectivity index (χ4v) is 1.04. The molecule has 0 aliphatic carbocycles. The Balaban J connectivity index is 3.37. The number of hydrogen-bond acceptors (Lipinski definition) is 1. The number of carbonyl (C=O) groups is 1. The maximum Gasteiger partial charge on any atom is 0.169 e. The van der Waals surface area contributed by atoms with Crippen LogP contribution >= 0.6 is 0 Å². The first-order valence-corrected chi connectivity index (χ1v) is 4.00. The molecule has 14 heavy (non-hydrogen) atoms. The average Bonchev–Trinajstić information content (AvgIpc) is 2.07. The number of carbonyl (C=O) groups excluding carboxylic acids is 1. The molecular formula is C10H9F3O. The van der Waals surface area contributed by atoms with Crippen molar-refractivity contribution in [3.8, 4) is 0 Å². The monoisotopic (exact) mass is 202 g/mol. The lowest BCUT2D eigenvalue weighted by molar-refractivity contribution is 0.111. The summed E-state index contributed by atoms with van der Waals surface area (Å²) in [6.45, 7) is 2.41. The third-order valence-corrected chi connectivity index (χ3v) is 1.87. The van der Waals surface area contributed by atoms with Crippen molar-refractivity contribution in [2.24, 2.45) is 0 Å². The molecule has 0 atom stereocenters. The van der Waals surface area contributed by atoms with Crippen LogP contribution in [0.1, 0.15) is 29.8 Å². The van der Waals surface area contributed by atoms with Crippen LogP contribution in [0.4, 0.5) is 13.2 Å². The van der Waals surface area contributed by atoms with E-state index in [4.69, 9.17) is 0 Å². The van der Waals surface area contributed by atoms with Gasteiger partial charge in [-0.25, -0.2) is 13.2 Å². The maximum atomic E-state index is 13.3. The van der Waals surface area contributed by atoms with E-state index in [0.29, 0.717) is 0 Å². The van der Waals surface area contributed by atoms with Gasteiger partial charge in [0, 0.05) is 0 Å². The van der Waals surface area contributed by atoms with Gasteiger partial charge in [0.05, 0.1) is 5.56 Å². The van der Waals surface area contributed by atoms with Gasteiger partial charge in [-0.1, -0.05) is 0 Å². The second kappa shape index (κ2) is 3.44. The molecule has 0 fully saturated rings. The summed E-state index contributed by atoms with van der Waals surface area (Å²) in [5, 5.41) is 0. The summed E-state index contributed by atoms with van der Waals surface area (Å²) in [5.74, 6) is -2.46. The van der Waals surface area contributed by atoms with Crippen molar-refractivity contribution in [2.75, 3.05) is 0 Å². The van der Waals surface area contributed by atoms with Crippen molar-refractivity contribution in [1.29, 1.82) is 0 Å². The first kappa shape index (κ1) is 10.8. The smallest absolute Gasteiger partial charge is 0.169 e. The van der Waals surface area contributed by atoms with Crippen molar-refractivity contribution in [3.63, 3.8) is 0 Å². The van der Waals surface area contributed by atoms with Crippen LogP contribution in [-0.2, 0) is 5.67 Å². The van der Waals surface area contributed by atoms with Gasteiger partial charge in [0.25, 0.3) is 0 Å². The fourth-order valence-electron chi connectivity index (χ4n) is 1.04. The minimum Gasteiger partial charge on any atom is -0.298 e. The predicted molar refractivity (Wildman–Crippen MR) is 45.9 cm³/mol. The van der Waals surface area contributed by atoms with E-state index in [9.17, 15) is 18.0 Å². The third-order valence-electron chi connectivity index (χ3n) is 1.87. The van der Waals surface area contributed by atoms with Gasteiger partial charge in [-0.3, -0.25) is 4.79 Å². The largest absolute Gasteiger partial charge is 0.298 e. The van der Waals surface area contributed by atoms with Crippen LogP contribution in [0.3, 0.4) is 0 Å². The molecule has 0 saturated carbocycles. The van der Waals surface area contributed by atoms with E-state index >= 15 is 0 Å². The highest BCUT2D eigenvalue weighted by Gasteiger charge is 2.22. The summed E-state index contributed by atoms with van der Waals surface area (Å²) in [5.41, 5.74) is -2.32. The second-order valence-corrected chi connectivity index (χ2v) is 3.45. The van der Waals surface area contributed by atoms with Crippen LogP contribution in [-0.4, -0.2) is 6.29 Å². The highest BCUT2D eigenvalue weighted by atomic mass is 19.2. The molecule has 76 valence electrons. The summed E-state index contributed by atoms with van der Waals surface area (Å²) in [7, 11) is 0. The molecular weight excluding hydrogens is 193 g/mol. The van der Waals surface area contributed by atoms with Crippen LogP contribution in [0, 0.1) is 11.6 Å². The molecule has 0 saturated heterocycles. The molecule has 1 aromatic rings. The number of alkyl halides is 1. The van der Waals surface area contributed by atoms with E-state index in [-0.39, 0.29) is 11.8 Å². The summed E-state index contributed by atoms with van der Waals surface area (Å²) >= 11 is 0. The zero-order chi connectivity index (χ0) is 10.9. The van der Waals surface area contributed by atoms with Crippen molar-refractivity contribution < 1.29 is 18.0 Å². The van der Waals surface area contributed by atoms with Gasteiger partial charge < -0.3 is 0 Å². The molecule has 0 bridgehead atoms. The number of halogens is 3. The van der Waals surface area contributed by atoms with Crippen LogP contribution in [0.5, 0.6) is 0 Å². The van der Waals surface area contributed by atoms with Gasteiger partial charge in [0.1, 0.15) is 5.67 Å². The molecule has 0 N–H and O–H groups in total. The number of aldehydes is 1. The summed E-state index contributed by atoms with van der Waals surface area (Å²) < 4.78 is 39.0. The standard InChI is InChI=1S/C10H9F3O/c1-10(2,13)7-3-6(5-14)9(12)8(11)4-7/h3-5H,1-2H3. The average molecular weight is 202 g/mol. The minimum atomic E-state index is -1.80. The minimum absolute atomic E-state index is 0.0569. The SMILES string of the molecule is CC(C)(F)c1cc(F)c(F)c(C=O)c1. The quantitative estimate of drug-likeness (QED) is 0.674. The second-order valence-electron chi connectivity index (χ2n) is 3.45. The van der Waals surface area contributed by atoms with Gasteiger partial charge in [0.15, 0.2) is 17.9 Å². The fraction of sp³-hybridized carbons (Fsp3) is 0.300. The third kappa shape index (κ3) is 1.95. The van der Waals surface area contributed by atoms with E-state index in [1.54, 1.807) is 0 Å². The first-order chi connectivity index (χ1) is 6.36. The van der Waals surface area contributed by atoms with E-state index in [2.05, 4.69) is 0 Å². The molecule has 0 heterocycles. The van der Waals surface area contributed by atoms with Crippen molar-refractivity contribution in [1.82, 2.24) is 0 Å². The molecule has 0 amide bonds. The zero-order valence-electron chi connectivity index (χ0n) is 7.77. The number of hydrogen-bond donors (Lipinski definition) is 0. The molecule has 1 aromatic carbocycles. The Morgan fingerprint density at radius 1 is 1.29 bits per heavy atom. The maximum absolute atomic E-state index is 13.3. The Bertz CT molecular complexity index is 366. The van der Waals surface area contributed by atoms with Crippen molar-refractivity contribution >= 4 is 6.29 Å². The Hall–Kier alpha value is -1.32. The first-order valence-electron chi connectivity index (χ1n) is 4.00. The van der Waals surface area contributed by atoms with Gasteiger partial charge in [-0.05, 0) is 31.5 Å². The van der Waals surface area contributed by atoms with Crippen LogP contribution in [0.25, 0.3) is 0 Å².